The van der Waals surface area contributed by atoms with Gasteiger partial charge in [0.05, 0.1) is 18.2 Å². The van der Waals surface area contributed by atoms with Gasteiger partial charge < -0.3 is 10.5 Å². The summed E-state index contributed by atoms with van der Waals surface area (Å²) in [5.74, 6) is 1.20. The minimum absolute atomic E-state index is 0.191. The molecule has 0 radical (unpaired) electrons. The third-order valence-corrected chi connectivity index (χ3v) is 2.62. The molecule has 2 N–H and O–H groups in total. The monoisotopic (exact) mass is 176 g/mol. The zero-order valence-electron chi connectivity index (χ0n) is 7.36. The summed E-state index contributed by atoms with van der Waals surface area (Å²) >= 11 is 0. The Morgan fingerprint density at radius 3 is 3.23 bits per heavy atom. The highest BCUT2D eigenvalue weighted by Gasteiger charge is 2.29. The number of nitriles is 1. The normalized spacial score (nSPS) is 32.0. The van der Waals surface area contributed by atoms with E-state index in [1.165, 1.54) is 0 Å². The van der Waals surface area contributed by atoms with Crippen LogP contribution in [0, 0.1) is 17.2 Å². The second-order valence-corrected chi connectivity index (χ2v) is 3.46. The van der Waals surface area contributed by atoms with Crippen molar-refractivity contribution in [2.75, 3.05) is 6.61 Å². The lowest BCUT2D eigenvalue weighted by atomic mass is 9.86. The van der Waals surface area contributed by atoms with Crippen molar-refractivity contribution in [2.45, 2.75) is 18.9 Å². The standard InChI is InChI=1S/C10H12N2O/c11-6-7-1-2-8-9(12)3-4-13-10(8)5-7/h1,5,8-9H,2-4,12H2. The fraction of sp³-hybridized carbons (Fsp3) is 0.500. The molecule has 3 nitrogen and oxygen atoms in total. The number of nitrogens with zero attached hydrogens (tertiary/aromatic N) is 1. The van der Waals surface area contributed by atoms with E-state index in [4.69, 9.17) is 15.7 Å². The summed E-state index contributed by atoms with van der Waals surface area (Å²) in [6.07, 6.45) is 5.50. The molecule has 0 saturated carbocycles. The molecule has 2 rings (SSSR count). The molecule has 1 fully saturated rings. The van der Waals surface area contributed by atoms with Gasteiger partial charge in [-0.05, 0) is 18.9 Å². The molecular weight excluding hydrogens is 164 g/mol. The fourth-order valence-electron chi connectivity index (χ4n) is 1.82. The predicted octanol–water partition coefficient (Wildman–Crippen LogP) is 1.09. The van der Waals surface area contributed by atoms with Crippen LogP contribution in [-0.2, 0) is 4.74 Å². The number of nitrogens with two attached hydrogens (primary N) is 1. The van der Waals surface area contributed by atoms with Crippen LogP contribution in [-0.4, -0.2) is 12.6 Å². The van der Waals surface area contributed by atoms with Crippen molar-refractivity contribution < 1.29 is 4.74 Å². The van der Waals surface area contributed by atoms with Gasteiger partial charge in [-0.3, -0.25) is 0 Å². The average molecular weight is 176 g/mol. The van der Waals surface area contributed by atoms with Crippen LogP contribution in [0.15, 0.2) is 23.5 Å². The summed E-state index contributed by atoms with van der Waals surface area (Å²) in [6.45, 7) is 0.683. The van der Waals surface area contributed by atoms with Gasteiger partial charge in [0, 0.05) is 12.0 Å². The second-order valence-electron chi connectivity index (χ2n) is 3.46. The molecule has 68 valence electrons. The largest absolute Gasteiger partial charge is 0.497 e. The van der Waals surface area contributed by atoms with Gasteiger partial charge in [-0.2, -0.15) is 5.26 Å². The molecule has 2 unspecified atom stereocenters. The summed E-state index contributed by atoms with van der Waals surface area (Å²) in [4.78, 5) is 0. The van der Waals surface area contributed by atoms with Crippen LogP contribution in [0.5, 0.6) is 0 Å². The Balaban J connectivity index is 2.22. The van der Waals surface area contributed by atoms with Gasteiger partial charge in [-0.1, -0.05) is 6.08 Å². The lowest BCUT2D eigenvalue weighted by molar-refractivity contribution is 0.112. The molecule has 3 heteroatoms. The summed E-state index contributed by atoms with van der Waals surface area (Å²) in [6, 6.07) is 2.31. The first-order chi connectivity index (χ1) is 6.31. The first kappa shape index (κ1) is 8.33. The van der Waals surface area contributed by atoms with Crippen LogP contribution in [0.2, 0.25) is 0 Å². The Labute approximate surface area is 77.5 Å². The SMILES string of the molecule is N#CC1=CCC2C(=C1)OCCC2N. The van der Waals surface area contributed by atoms with Crippen LogP contribution >= 0.6 is 0 Å². The molecule has 0 amide bonds. The Morgan fingerprint density at radius 2 is 2.46 bits per heavy atom. The smallest absolute Gasteiger partial charge is 0.102 e. The maximum absolute atomic E-state index is 8.70. The summed E-state index contributed by atoms with van der Waals surface area (Å²) in [5, 5.41) is 8.70. The van der Waals surface area contributed by atoms with Crippen LogP contribution in [0.1, 0.15) is 12.8 Å². The van der Waals surface area contributed by atoms with Crippen molar-refractivity contribution in [2.24, 2.45) is 11.7 Å². The third kappa shape index (κ3) is 1.45. The van der Waals surface area contributed by atoms with E-state index >= 15 is 0 Å². The lowest BCUT2D eigenvalue weighted by Crippen LogP contribution is -2.37. The van der Waals surface area contributed by atoms with Crippen LogP contribution < -0.4 is 5.73 Å². The first-order valence-electron chi connectivity index (χ1n) is 4.51. The van der Waals surface area contributed by atoms with Crippen molar-refractivity contribution in [1.29, 1.82) is 5.26 Å². The Bertz CT molecular complexity index is 311. The quantitative estimate of drug-likeness (QED) is 0.601. The number of hydrogen-bond acceptors (Lipinski definition) is 3. The van der Waals surface area contributed by atoms with E-state index in [9.17, 15) is 0 Å². The van der Waals surface area contributed by atoms with Gasteiger partial charge in [0.1, 0.15) is 5.76 Å². The van der Waals surface area contributed by atoms with Crippen molar-refractivity contribution in [3.63, 3.8) is 0 Å². The van der Waals surface area contributed by atoms with Crippen molar-refractivity contribution in [1.82, 2.24) is 0 Å². The predicted molar refractivity (Wildman–Crippen MR) is 48.4 cm³/mol. The molecule has 1 saturated heterocycles. The van der Waals surface area contributed by atoms with Gasteiger partial charge >= 0.3 is 0 Å². The van der Waals surface area contributed by atoms with E-state index in [1.54, 1.807) is 0 Å². The third-order valence-electron chi connectivity index (χ3n) is 2.62. The minimum Gasteiger partial charge on any atom is -0.497 e. The highest BCUT2D eigenvalue weighted by atomic mass is 16.5. The van der Waals surface area contributed by atoms with E-state index in [1.807, 2.05) is 12.2 Å². The van der Waals surface area contributed by atoms with Crippen molar-refractivity contribution in [3.05, 3.63) is 23.5 Å². The number of rotatable bonds is 0. The van der Waals surface area contributed by atoms with Gasteiger partial charge in [0.2, 0.25) is 0 Å². The number of hydrogen-bond donors (Lipinski definition) is 1. The van der Waals surface area contributed by atoms with E-state index in [2.05, 4.69) is 6.07 Å². The van der Waals surface area contributed by atoms with E-state index in [0.29, 0.717) is 18.1 Å². The summed E-state index contributed by atoms with van der Waals surface area (Å²) in [5.41, 5.74) is 6.64. The molecule has 0 bridgehead atoms. The fourth-order valence-corrected chi connectivity index (χ4v) is 1.82. The molecular formula is C10H12N2O. The maximum Gasteiger partial charge on any atom is 0.102 e. The zero-order chi connectivity index (χ0) is 9.26. The van der Waals surface area contributed by atoms with Crippen molar-refractivity contribution >= 4 is 0 Å². The van der Waals surface area contributed by atoms with Gasteiger partial charge in [-0.15, -0.1) is 0 Å². The summed E-state index contributed by atoms with van der Waals surface area (Å²) in [7, 11) is 0. The zero-order valence-corrected chi connectivity index (χ0v) is 7.36. The number of ether oxygens (including phenoxy) is 1. The Hall–Kier alpha value is -1.27. The molecule has 13 heavy (non-hydrogen) atoms. The first-order valence-corrected chi connectivity index (χ1v) is 4.51. The topological polar surface area (TPSA) is 59.0 Å². The Kier molecular flexibility index (Phi) is 2.07. The minimum atomic E-state index is 0.191. The molecule has 2 atom stereocenters. The molecule has 1 heterocycles. The van der Waals surface area contributed by atoms with Crippen LogP contribution in [0.4, 0.5) is 0 Å². The van der Waals surface area contributed by atoms with Crippen LogP contribution in [0.3, 0.4) is 0 Å². The molecule has 0 aromatic carbocycles. The highest BCUT2D eigenvalue weighted by molar-refractivity contribution is 5.38. The molecule has 2 aliphatic rings. The summed E-state index contributed by atoms with van der Waals surface area (Å²) < 4.78 is 5.47. The number of fused-ring (bicyclic) bond motifs is 1. The van der Waals surface area contributed by atoms with Gasteiger partial charge in [0.15, 0.2) is 0 Å². The maximum atomic E-state index is 8.70. The highest BCUT2D eigenvalue weighted by Crippen LogP contribution is 2.31. The Morgan fingerprint density at radius 1 is 1.62 bits per heavy atom. The van der Waals surface area contributed by atoms with Gasteiger partial charge in [-0.25, -0.2) is 0 Å². The van der Waals surface area contributed by atoms with E-state index in [0.717, 1.165) is 18.6 Å². The lowest BCUT2D eigenvalue weighted by Gasteiger charge is -2.32. The van der Waals surface area contributed by atoms with E-state index < -0.39 is 0 Å². The molecule has 0 aromatic heterocycles. The van der Waals surface area contributed by atoms with Crippen molar-refractivity contribution in [3.8, 4) is 6.07 Å². The van der Waals surface area contributed by atoms with Gasteiger partial charge in [0.25, 0.3) is 0 Å². The molecule has 0 spiro atoms. The molecule has 1 aliphatic heterocycles. The molecule has 0 aromatic rings. The number of allylic oxidation sites excluding steroid dienone is 3. The van der Waals surface area contributed by atoms with E-state index in [-0.39, 0.29) is 6.04 Å². The van der Waals surface area contributed by atoms with Crippen LogP contribution in [0.25, 0.3) is 0 Å². The average Bonchev–Trinajstić information content (AvgIpc) is 2.18. The second kappa shape index (κ2) is 3.23. The molecule has 1 aliphatic carbocycles.